The number of nitrogens with zero attached hydrogens (tertiary/aromatic N) is 3. The number of furan rings is 1. The van der Waals surface area contributed by atoms with E-state index in [9.17, 15) is 19.5 Å². The average molecular weight is 480 g/mol. The number of imide groups is 1. The Kier molecular flexibility index (Phi) is 8.30. The van der Waals surface area contributed by atoms with Crippen molar-refractivity contribution in [2.24, 2.45) is 0 Å². The van der Waals surface area contributed by atoms with Gasteiger partial charge in [-0.3, -0.25) is 19.3 Å². The number of hydrogen-bond donors (Lipinski definition) is 2. The van der Waals surface area contributed by atoms with Crippen LogP contribution in [0.5, 0.6) is 5.75 Å². The number of hydrogen-bond acceptors (Lipinski definition) is 6. The van der Waals surface area contributed by atoms with E-state index in [-0.39, 0.29) is 53.8 Å². The summed E-state index contributed by atoms with van der Waals surface area (Å²) >= 11 is 0. The van der Waals surface area contributed by atoms with E-state index in [1.54, 1.807) is 39.2 Å². The van der Waals surface area contributed by atoms with Gasteiger partial charge in [0.2, 0.25) is 5.91 Å². The fourth-order valence-corrected chi connectivity index (χ4v) is 3.68. The van der Waals surface area contributed by atoms with E-state index in [1.807, 2.05) is 30.3 Å². The molecule has 2 heterocycles. The van der Waals surface area contributed by atoms with Gasteiger partial charge in [-0.1, -0.05) is 49.4 Å². The summed E-state index contributed by atoms with van der Waals surface area (Å²) in [6.07, 6.45) is 1.50. The van der Waals surface area contributed by atoms with Gasteiger partial charge in [0.15, 0.2) is 5.75 Å². The molecule has 36 heavy (non-hydrogen) atoms. The third kappa shape index (κ3) is 5.33. The van der Waals surface area contributed by atoms with Crippen molar-refractivity contribution < 1.29 is 42.8 Å². The number of phenolic OH excluding ortho intramolecular Hbond substituents is 1. The SMILES string of the molecule is CC([N-]C1=C(Nc2cccc(C(=O)N(C)C)c2O)C(=O)N(Cc2ccccc2)C1=O)c1ccco1.[Li+]. The van der Waals surface area contributed by atoms with Crippen molar-refractivity contribution in [3.05, 3.63) is 101 Å². The van der Waals surface area contributed by atoms with Gasteiger partial charge in [-0.2, -0.15) is 0 Å². The zero-order valence-electron chi connectivity index (χ0n) is 20.6. The Morgan fingerprint density at radius 3 is 2.42 bits per heavy atom. The first-order valence-electron chi connectivity index (χ1n) is 11.0. The molecule has 1 aromatic heterocycles. The van der Waals surface area contributed by atoms with Crippen LogP contribution in [0, 0.1) is 0 Å². The molecule has 2 N–H and O–H groups in total. The third-order valence-corrected chi connectivity index (χ3v) is 5.54. The van der Waals surface area contributed by atoms with E-state index < -0.39 is 23.8 Å². The molecule has 2 aromatic carbocycles. The fourth-order valence-electron chi connectivity index (χ4n) is 3.68. The van der Waals surface area contributed by atoms with E-state index in [2.05, 4.69) is 10.6 Å². The van der Waals surface area contributed by atoms with Crippen molar-refractivity contribution in [2.45, 2.75) is 19.5 Å². The first-order chi connectivity index (χ1) is 16.8. The molecule has 0 spiro atoms. The normalized spacial score (nSPS) is 13.9. The maximum Gasteiger partial charge on any atom is 1.00 e. The van der Waals surface area contributed by atoms with Crippen LogP contribution in [0.25, 0.3) is 5.32 Å². The van der Waals surface area contributed by atoms with Crippen LogP contribution < -0.4 is 24.2 Å². The van der Waals surface area contributed by atoms with Crippen molar-refractivity contribution in [1.82, 2.24) is 9.80 Å². The molecule has 4 rings (SSSR count). The quantitative estimate of drug-likeness (QED) is 0.283. The number of rotatable bonds is 8. The van der Waals surface area contributed by atoms with Gasteiger partial charge in [0.1, 0.15) is 0 Å². The van der Waals surface area contributed by atoms with Gasteiger partial charge in [-0.15, -0.1) is 0 Å². The number of phenols is 1. The maximum atomic E-state index is 13.4. The number of nitrogens with one attached hydrogen (secondary N) is 1. The minimum absolute atomic E-state index is 0. The molecule has 3 aromatic rings. The standard InChI is InChI=1S/C26H26N4O5.Li/c1-16(20-13-8-14-35-20)27-21-22(26(34)30(25(21)33)15-17-9-5-4-6-10-17)28-19-12-7-11-18(23(19)31)24(32)29(2)3;/h4-14,16H,15H2,1-3H3,(H3,27,28,31,32,33,34);/q;+1/p-1. The van der Waals surface area contributed by atoms with Gasteiger partial charge < -0.3 is 25.1 Å². The van der Waals surface area contributed by atoms with Gasteiger partial charge >= 0.3 is 18.9 Å². The summed E-state index contributed by atoms with van der Waals surface area (Å²) in [5.74, 6) is -1.37. The predicted molar refractivity (Wildman–Crippen MR) is 129 cm³/mol. The van der Waals surface area contributed by atoms with Crippen LogP contribution in [0.1, 0.15) is 34.6 Å². The molecule has 0 bridgehead atoms. The van der Waals surface area contributed by atoms with Crippen LogP contribution in [0.4, 0.5) is 5.69 Å². The van der Waals surface area contributed by atoms with Crippen LogP contribution in [-0.4, -0.2) is 46.7 Å². The minimum Gasteiger partial charge on any atom is -0.669 e. The summed E-state index contributed by atoms with van der Waals surface area (Å²) in [4.78, 5) is 41.6. The Balaban J connectivity index is 0.00000361. The molecule has 1 unspecified atom stereocenters. The molecule has 0 radical (unpaired) electrons. The first kappa shape index (κ1) is 26.7. The molecule has 1 atom stereocenters. The number of aromatic hydroxyl groups is 1. The second-order valence-corrected chi connectivity index (χ2v) is 8.25. The molecule has 3 amide bonds. The Hall–Kier alpha value is -3.93. The Morgan fingerprint density at radius 2 is 1.78 bits per heavy atom. The van der Waals surface area contributed by atoms with Gasteiger partial charge in [0.05, 0.1) is 35.5 Å². The molecule has 0 saturated carbocycles. The predicted octanol–water partition coefficient (Wildman–Crippen LogP) is 1.02. The summed E-state index contributed by atoms with van der Waals surface area (Å²) in [7, 11) is 3.13. The first-order valence-corrected chi connectivity index (χ1v) is 11.0. The van der Waals surface area contributed by atoms with E-state index >= 15 is 0 Å². The zero-order chi connectivity index (χ0) is 25.1. The molecule has 1 aliphatic rings. The molecule has 0 fully saturated rings. The Bertz CT molecular complexity index is 1290. The van der Waals surface area contributed by atoms with Crippen molar-refractivity contribution in [1.29, 1.82) is 0 Å². The van der Waals surface area contributed by atoms with Gasteiger partial charge in [-0.05, 0) is 35.5 Å². The molecule has 10 heteroatoms. The number of para-hydroxylation sites is 1. The average Bonchev–Trinajstić information content (AvgIpc) is 3.46. The van der Waals surface area contributed by atoms with Crippen LogP contribution >= 0.6 is 0 Å². The Labute approximate surface area is 220 Å². The van der Waals surface area contributed by atoms with Crippen molar-refractivity contribution >= 4 is 23.4 Å². The monoisotopic (exact) mass is 480 g/mol. The van der Waals surface area contributed by atoms with Gasteiger partial charge in [0.25, 0.3) is 11.8 Å². The molecule has 0 saturated heterocycles. The molecule has 0 aliphatic carbocycles. The van der Waals surface area contributed by atoms with Gasteiger partial charge in [-0.25, -0.2) is 0 Å². The van der Waals surface area contributed by atoms with Crippen molar-refractivity contribution in [2.75, 3.05) is 19.4 Å². The van der Waals surface area contributed by atoms with E-state index in [0.29, 0.717) is 5.76 Å². The number of anilines is 1. The third-order valence-electron chi connectivity index (χ3n) is 5.54. The molecular weight excluding hydrogens is 455 g/mol. The van der Waals surface area contributed by atoms with E-state index in [0.717, 1.165) is 10.5 Å². The largest absolute Gasteiger partial charge is 1.00 e. The van der Waals surface area contributed by atoms with Crippen LogP contribution in [0.3, 0.4) is 0 Å². The summed E-state index contributed by atoms with van der Waals surface area (Å²) in [6.45, 7) is 1.80. The molecule has 9 nitrogen and oxygen atoms in total. The summed E-state index contributed by atoms with van der Waals surface area (Å²) in [5.41, 5.74) is 0.762. The number of benzene rings is 2. The molecule has 1 aliphatic heterocycles. The number of carbonyl (C=O) groups excluding carboxylic acids is 3. The maximum absolute atomic E-state index is 13.4. The second-order valence-electron chi connectivity index (χ2n) is 8.25. The van der Waals surface area contributed by atoms with E-state index in [4.69, 9.17) is 4.42 Å². The van der Waals surface area contributed by atoms with Crippen LogP contribution in [0.15, 0.2) is 82.7 Å². The molecule has 180 valence electrons. The smallest absolute Gasteiger partial charge is 0.669 e. The Morgan fingerprint density at radius 1 is 1.06 bits per heavy atom. The number of carbonyl (C=O) groups is 3. The van der Waals surface area contributed by atoms with E-state index in [1.165, 1.54) is 23.3 Å². The zero-order valence-corrected chi connectivity index (χ0v) is 20.6. The van der Waals surface area contributed by atoms with Crippen molar-refractivity contribution in [3.8, 4) is 5.75 Å². The van der Waals surface area contributed by atoms with Crippen LogP contribution in [0.2, 0.25) is 0 Å². The molecular formula is C26H25LiN4O5. The fraction of sp³-hybridized carbons (Fsp3) is 0.192. The second kappa shape index (κ2) is 11.2. The summed E-state index contributed by atoms with van der Waals surface area (Å²) in [6, 6.07) is 16.6. The summed E-state index contributed by atoms with van der Waals surface area (Å²) in [5, 5.41) is 18.1. The number of amides is 3. The minimum atomic E-state index is -0.590. The topological polar surface area (TPSA) is 117 Å². The summed E-state index contributed by atoms with van der Waals surface area (Å²) < 4.78 is 5.40. The van der Waals surface area contributed by atoms with Crippen LogP contribution in [-0.2, 0) is 16.1 Å². The van der Waals surface area contributed by atoms with Crippen molar-refractivity contribution in [3.63, 3.8) is 0 Å². The van der Waals surface area contributed by atoms with Gasteiger partial charge in [0, 0.05) is 14.1 Å².